The van der Waals surface area contributed by atoms with Crippen molar-refractivity contribution in [2.75, 3.05) is 0 Å². The van der Waals surface area contributed by atoms with E-state index in [4.69, 9.17) is 5.11 Å². The minimum Gasteiger partial charge on any atom is -0.381 e. The van der Waals surface area contributed by atoms with Crippen LogP contribution in [-0.4, -0.2) is 17.2 Å². The Kier molecular flexibility index (Phi) is 3.31. The molecule has 1 aromatic heterocycles. The third-order valence-corrected chi connectivity index (χ3v) is 3.25. The number of aliphatic hydroxyl groups excluding tert-OH is 1. The number of thiophene rings is 1. The molecule has 0 bridgehead atoms. The van der Waals surface area contributed by atoms with Gasteiger partial charge in [0, 0.05) is 9.75 Å². The Morgan fingerprint density at radius 1 is 1.19 bits per heavy atom. The molecule has 0 aliphatic heterocycles. The summed E-state index contributed by atoms with van der Waals surface area (Å²) in [4.78, 5) is 0.226. The molecular weight excluding hydrogens is 251 g/mol. The Labute approximate surface area is 92.5 Å². The average molecular weight is 260 g/mol. The largest absolute Gasteiger partial charge is 0.456 e. The Bertz CT molecular complexity index is 382. The minimum absolute atomic E-state index is 0.235. The van der Waals surface area contributed by atoms with E-state index in [2.05, 4.69) is 0 Å². The molecule has 0 saturated heterocycles. The van der Waals surface area contributed by atoms with Crippen molar-refractivity contribution in [2.24, 2.45) is 0 Å². The molecule has 1 N–H and O–H groups in total. The standard InChI is InChI=1S/C9H9F5OS/c1-4-3-5(2)16-6(4)7(15)8(10,11)9(12,13)14/h3,7,15H,1-2H3. The summed E-state index contributed by atoms with van der Waals surface area (Å²) in [5, 5.41) is 9.12. The van der Waals surface area contributed by atoms with Gasteiger partial charge in [0.05, 0.1) is 0 Å². The van der Waals surface area contributed by atoms with Crippen molar-refractivity contribution in [3.63, 3.8) is 0 Å². The zero-order valence-corrected chi connectivity index (χ0v) is 9.22. The van der Waals surface area contributed by atoms with Gasteiger partial charge in [-0.15, -0.1) is 11.3 Å². The Balaban J connectivity index is 3.11. The number of halogens is 5. The van der Waals surface area contributed by atoms with Crippen LogP contribution in [0.2, 0.25) is 0 Å². The maximum atomic E-state index is 12.8. The highest BCUT2D eigenvalue weighted by atomic mass is 32.1. The molecule has 1 rings (SSSR count). The second kappa shape index (κ2) is 3.96. The summed E-state index contributed by atoms with van der Waals surface area (Å²) in [7, 11) is 0. The van der Waals surface area contributed by atoms with E-state index in [9.17, 15) is 22.0 Å². The Morgan fingerprint density at radius 2 is 1.69 bits per heavy atom. The van der Waals surface area contributed by atoms with Gasteiger partial charge in [-0.2, -0.15) is 22.0 Å². The molecule has 1 aromatic rings. The molecular formula is C9H9F5OS. The summed E-state index contributed by atoms with van der Waals surface area (Å²) in [5.41, 5.74) is 0.235. The lowest BCUT2D eigenvalue weighted by atomic mass is 10.1. The summed E-state index contributed by atoms with van der Waals surface area (Å²) in [5.74, 6) is -5.13. The van der Waals surface area contributed by atoms with Crippen molar-refractivity contribution in [3.05, 3.63) is 21.4 Å². The van der Waals surface area contributed by atoms with Gasteiger partial charge in [0.1, 0.15) is 0 Å². The zero-order chi connectivity index (χ0) is 12.7. The fourth-order valence-corrected chi connectivity index (χ4v) is 2.31. The third kappa shape index (κ3) is 2.20. The smallest absolute Gasteiger partial charge is 0.381 e. The molecule has 16 heavy (non-hydrogen) atoms. The predicted molar refractivity (Wildman–Crippen MR) is 49.8 cm³/mol. The normalized spacial score (nSPS) is 15.2. The lowest BCUT2D eigenvalue weighted by Gasteiger charge is -2.24. The topological polar surface area (TPSA) is 20.2 Å². The van der Waals surface area contributed by atoms with E-state index in [1.54, 1.807) is 6.92 Å². The van der Waals surface area contributed by atoms with Crippen LogP contribution in [-0.2, 0) is 0 Å². The molecule has 0 amide bonds. The van der Waals surface area contributed by atoms with Gasteiger partial charge in [-0.25, -0.2) is 0 Å². The van der Waals surface area contributed by atoms with Crippen LogP contribution in [0, 0.1) is 13.8 Å². The third-order valence-electron chi connectivity index (χ3n) is 2.05. The van der Waals surface area contributed by atoms with E-state index < -0.39 is 18.2 Å². The van der Waals surface area contributed by atoms with Crippen LogP contribution in [0.25, 0.3) is 0 Å². The van der Waals surface area contributed by atoms with Crippen molar-refractivity contribution in [1.29, 1.82) is 0 Å². The highest BCUT2D eigenvalue weighted by molar-refractivity contribution is 7.12. The molecule has 0 aliphatic rings. The molecule has 0 saturated carbocycles. The van der Waals surface area contributed by atoms with Gasteiger partial charge in [0.2, 0.25) is 0 Å². The average Bonchev–Trinajstić information content (AvgIpc) is 2.41. The number of aliphatic hydroxyl groups is 1. The number of alkyl halides is 5. The highest BCUT2D eigenvalue weighted by Crippen LogP contribution is 2.46. The first-order chi connectivity index (χ1) is 7.07. The number of aryl methyl sites for hydroxylation is 2. The number of hydrogen-bond acceptors (Lipinski definition) is 2. The summed E-state index contributed by atoms with van der Waals surface area (Å²) in [6, 6.07) is 1.45. The van der Waals surface area contributed by atoms with Crippen LogP contribution in [0.15, 0.2) is 6.07 Å². The van der Waals surface area contributed by atoms with Crippen LogP contribution in [0.3, 0.4) is 0 Å². The van der Waals surface area contributed by atoms with Gasteiger partial charge in [-0.1, -0.05) is 0 Å². The van der Waals surface area contributed by atoms with Crippen LogP contribution in [0.5, 0.6) is 0 Å². The van der Waals surface area contributed by atoms with Crippen molar-refractivity contribution >= 4 is 11.3 Å². The lowest BCUT2D eigenvalue weighted by Crippen LogP contribution is -2.42. The summed E-state index contributed by atoms with van der Waals surface area (Å²) < 4.78 is 61.7. The van der Waals surface area contributed by atoms with Crippen molar-refractivity contribution in [1.82, 2.24) is 0 Å². The first kappa shape index (κ1) is 13.4. The lowest BCUT2D eigenvalue weighted by molar-refractivity contribution is -0.314. The minimum atomic E-state index is -5.75. The Hall–Kier alpha value is -0.690. The molecule has 0 spiro atoms. The summed E-state index contributed by atoms with van der Waals surface area (Å²) in [6.07, 6.45) is -8.59. The highest BCUT2D eigenvalue weighted by Gasteiger charge is 2.63. The van der Waals surface area contributed by atoms with Crippen LogP contribution >= 0.6 is 11.3 Å². The molecule has 1 heterocycles. The van der Waals surface area contributed by atoms with E-state index in [0.29, 0.717) is 4.88 Å². The van der Waals surface area contributed by atoms with E-state index in [1.807, 2.05) is 0 Å². The first-order valence-electron chi connectivity index (χ1n) is 4.27. The van der Waals surface area contributed by atoms with Crippen LogP contribution < -0.4 is 0 Å². The second-order valence-corrected chi connectivity index (χ2v) is 4.72. The van der Waals surface area contributed by atoms with Gasteiger partial charge >= 0.3 is 12.1 Å². The molecule has 1 nitrogen and oxygen atoms in total. The van der Waals surface area contributed by atoms with Crippen molar-refractivity contribution in [2.45, 2.75) is 32.1 Å². The van der Waals surface area contributed by atoms with Gasteiger partial charge in [-0.05, 0) is 25.5 Å². The Morgan fingerprint density at radius 3 is 2.00 bits per heavy atom. The maximum absolute atomic E-state index is 12.8. The van der Waals surface area contributed by atoms with Crippen molar-refractivity contribution in [3.8, 4) is 0 Å². The fourth-order valence-electron chi connectivity index (χ4n) is 1.25. The van der Waals surface area contributed by atoms with E-state index in [1.165, 1.54) is 13.0 Å². The van der Waals surface area contributed by atoms with Gasteiger partial charge in [0.25, 0.3) is 0 Å². The second-order valence-electron chi connectivity index (χ2n) is 3.43. The molecule has 0 radical (unpaired) electrons. The van der Waals surface area contributed by atoms with Gasteiger partial charge < -0.3 is 5.11 Å². The van der Waals surface area contributed by atoms with Crippen LogP contribution in [0.1, 0.15) is 21.4 Å². The fraction of sp³-hybridized carbons (Fsp3) is 0.556. The molecule has 0 aliphatic carbocycles. The molecule has 0 aromatic carbocycles. The van der Waals surface area contributed by atoms with Crippen LogP contribution in [0.4, 0.5) is 22.0 Å². The van der Waals surface area contributed by atoms with E-state index in [-0.39, 0.29) is 10.4 Å². The number of hydrogen-bond donors (Lipinski definition) is 1. The monoisotopic (exact) mass is 260 g/mol. The molecule has 92 valence electrons. The van der Waals surface area contributed by atoms with E-state index >= 15 is 0 Å². The molecule has 1 unspecified atom stereocenters. The van der Waals surface area contributed by atoms with Gasteiger partial charge in [-0.3, -0.25) is 0 Å². The van der Waals surface area contributed by atoms with E-state index in [0.717, 1.165) is 11.3 Å². The maximum Gasteiger partial charge on any atom is 0.456 e. The van der Waals surface area contributed by atoms with Crippen molar-refractivity contribution < 1.29 is 27.1 Å². The quantitative estimate of drug-likeness (QED) is 0.805. The first-order valence-corrected chi connectivity index (χ1v) is 5.08. The summed E-state index contributed by atoms with van der Waals surface area (Å²) >= 11 is 0.735. The zero-order valence-electron chi connectivity index (χ0n) is 8.40. The predicted octanol–water partition coefficient (Wildman–Crippen LogP) is 3.60. The molecule has 0 fully saturated rings. The SMILES string of the molecule is Cc1cc(C)c(C(O)C(F)(F)C(F)(F)F)s1. The van der Waals surface area contributed by atoms with Gasteiger partial charge in [0.15, 0.2) is 6.10 Å². The number of rotatable bonds is 2. The summed E-state index contributed by atoms with van der Waals surface area (Å²) in [6.45, 7) is 2.95. The molecule has 7 heteroatoms. The molecule has 1 atom stereocenters.